The van der Waals surface area contributed by atoms with Crippen LogP contribution < -0.4 is 5.32 Å². The number of carbonyl (C=O) groups excluding carboxylic acids is 1. The van der Waals surface area contributed by atoms with Crippen LogP contribution in [0, 0.1) is 11.8 Å². The van der Waals surface area contributed by atoms with Gasteiger partial charge >= 0.3 is 0 Å². The molecule has 0 saturated carbocycles. The Bertz CT molecular complexity index is 204. The lowest BCUT2D eigenvalue weighted by Crippen LogP contribution is -2.31. The lowest BCUT2D eigenvalue weighted by atomic mass is 9.95. The van der Waals surface area contributed by atoms with Crippen molar-refractivity contribution < 1.29 is 4.79 Å². The van der Waals surface area contributed by atoms with Crippen LogP contribution in [0.5, 0.6) is 0 Å². The highest BCUT2D eigenvalue weighted by atomic mass is 16.2. The minimum Gasteiger partial charge on any atom is -0.342 e. The lowest BCUT2D eigenvalue weighted by Gasteiger charge is -2.18. The maximum Gasteiger partial charge on any atom is 0.223 e. The van der Waals surface area contributed by atoms with Crippen LogP contribution in [0.25, 0.3) is 0 Å². The van der Waals surface area contributed by atoms with Crippen LogP contribution in [0.3, 0.4) is 0 Å². The summed E-state index contributed by atoms with van der Waals surface area (Å²) >= 11 is 0. The first-order chi connectivity index (χ1) is 7.15. The third kappa shape index (κ3) is 3.82. The van der Waals surface area contributed by atoms with E-state index in [2.05, 4.69) is 26.1 Å². The van der Waals surface area contributed by atoms with E-state index in [1.54, 1.807) is 0 Å². The summed E-state index contributed by atoms with van der Waals surface area (Å²) in [6, 6.07) is 0. The third-order valence-electron chi connectivity index (χ3n) is 3.29. The molecule has 0 aromatic carbocycles. The molecule has 3 nitrogen and oxygen atoms in total. The van der Waals surface area contributed by atoms with Crippen molar-refractivity contribution in [1.82, 2.24) is 10.2 Å². The quantitative estimate of drug-likeness (QED) is 0.700. The molecule has 1 atom stereocenters. The van der Waals surface area contributed by atoms with Crippen LogP contribution in [-0.4, -0.2) is 37.0 Å². The van der Waals surface area contributed by atoms with Gasteiger partial charge in [0.1, 0.15) is 0 Å². The zero-order chi connectivity index (χ0) is 11.3. The Labute approximate surface area is 93.2 Å². The van der Waals surface area contributed by atoms with E-state index in [9.17, 15) is 4.79 Å². The van der Waals surface area contributed by atoms with Gasteiger partial charge in [-0.2, -0.15) is 0 Å². The third-order valence-corrected chi connectivity index (χ3v) is 3.29. The second-order valence-corrected chi connectivity index (χ2v) is 4.74. The minimum atomic E-state index is 0.319. The Morgan fingerprint density at radius 1 is 1.53 bits per heavy atom. The van der Waals surface area contributed by atoms with Gasteiger partial charge < -0.3 is 10.2 Å². The van der Waals surface area contributed by atoms with Crippen molar-refractivity contribution in [3.63, 3.8) is 0 Å². The molecule has 0 bridgehead atoms. The van der Waals surface area contributed by atoms with Crippen LogP contribution >= 0.6 is 0 Å². The molecule has 1 heterocycles. The summed E-state index contributed by atoms with van der Waals surface area (Å²) < 4.78 is 0. The molecule has 0 aromatic heterocycles. The SMILES string of the molecule is CCNCCC(=O)N1CCC(C(C)C)C1. The Morgan fingerprint density at radius 3 is 2.80 bits per heavy atom. The van der Waals surface area contributed by atoms with Crippen molar-refractivity contribution in [2.75, 3.05) is 26.2 Å². The number of hydrogen-bond donors (Lipinski definition) is 1. The molecule has 0 aromatic rings. The number of hydrogen-bond acceptors (Lipinski definition) is 2. The van der Waals surface area contributed by atoms with E-state index in [1.165, 1.54) is 6.42 Å². The summed E-state index contributed by atoms with van der Waals surface area (Å²) in [4.78, 5) is 13.8. The molecule has 1 rings (SSSR count). The monoisotopic (exact) mass is 212 g/mol. The summed E-state index contributed by atoms with van der Waals surface area (Å²) in [5.41, 5.74) is 0. The number of likely N-dealkylation sites (tertiary alicyclic amines) is 1. The molecule has 1 aliphatic heterocycles. The van der Waals surface area contributed by atoms with Gasteiger partial charge in [-0.15, -0.1) is 0 Å². The van der Waals surface area contributed by atoms with E-state index in [0.29, 0.717) is 24.2 Å². The average Bonchev–Trinajstić information content (AvgIpc) is 2.66. The molecular weight excluding hydrogens is 188 g/mol. The summed E-state index contributed by atoms with van der Waals surface area (Å²) in [7, 11) is 0. The summed E-state index contributed by atoms with van der Waals surface area (Å²) in [6.45, 7) is 10.3. The average molecular weight is 212 g/mol. The fourth-order valence-electron chi connectivity index (χ4n) is 2.09. The summed E-state index contributed by atoms with van der Waals surface area (Å²) in [6.07, 6.45) is 1.84. The predicted octanol–water partition coefficient (Wildman–Crippen LogP) is 1.49. The Morgan fingerprint density at radius 2 is 2.27 bits per heavy atom. The van der Waals surface area contributed by atoms with E-state index in [4.69, 9.17) is 0 Å². The van der Waals surface area contributed by atoms with Crippen molar-refractivity contribution in [3.8, 4) is 0 Å². The first kappa shape index (κ1) is 12.5. The van der Waals surface area contributed by atoms with Crippen molar-refractivity contribution in [1.29, 1.82) is 0 Å². The zero-order valence-electron chi connectivity index (χ0n) is 10.3. The molecule has 1 aliphatic rings. The van der Waals surface area contributed by atoms with Gasteiger partial charge in [0, 0.05) is 26.1 Å². The van der Waals surface area contributed by atoms with Crippen molar-refractivity contribution in [2.45, 2.75) is 33.6 Å². The molecular formula is C12H24N2O. The van der Waals surface area contributed by atoms with Crippen LogP contribution in [0.15, 0.2) is 0 Å². The van der Waals surface area contributed by atoms with Gasteiger partial charge in [0.05, 0.1) is 0 Å². The Balaban J connectivity index is 2.24. The van der Waals surface area contributed by atoms with E-state index >= 15 is 0 Å². The maximum absolute atomic E-state index is 11.8. The van der Waals surface area contributed by atoms with Crippen LogP contribution in [-0.2, 0) is 4.79 Å². The van der Waals surface area contributed by atoms with Crippen molar-refractivity contribution >= 4 is 5.91 Å². The molecule has 15 heavy (non-hydrogen) atoms. The second kappa shape index (κ2) is 6.11. The first-order valence-corrected chi connectivity index (χ1v) is 6.13. The topological polar surface area (TPSA) is 32.3 Å². The number of nitrogens with zero attached hydrogens (tertiary/aromatic N) is 1. The van der Waals surface area contributed by atoms with Gasteiger partial charge in [-0.25, -0.2) is 0 Å². The van der Waals surface area contributed by atoms with Gasteiger partial charge in [-0.05, 0) is 24.8 Å². The smallest absolute Gasteiger partial charge is 0.223 e. The standard InChI is InChI=1S/C12H24N2O/c1-4-13-7-5-12(15)14-8-6-11(9-14)10(2)3/h10-11,13H,4-9H2,1-3H3. The molecule has 88 valence electrons. The van der Waals surface area contributed by atoms with Gasteiger partial charge in [0.15, 0.2) is 0 Å². The Kier molecular flexibility index (Phi) is 5.09. The van der Waals surface area contributed by atoms with E-state index in [1.807, 2.05) is 4.90 Å². The van der Waals surface area contributed by atoms with Crippen LogP contribution in [0.2, 0.25) is 0 Å². The van der Waals surface area contributed by atoms with E-state index < -0.39 is 0 Å². The van der Waals surface area contributed by atoms with Gasteiger partial charge in [-0.1, -0.05) is 20.8 Å². The molecule has 1 unspecified atom stereocenters. The number of nitrogens with one attached hydrogen (secondary N) is 1. The highest BCUT2D eigenvalue weighted by Crippen LogP contribution is 2.23. The van der Waals surface area contributed by atoms with E-state index in [0.717, 1.165) is 26.2 Å². The predicted molar refractivity (Wildman–Crippen MR) is 62.7 cm³/mol. The molecule has 0 aliphatic carbocycles. The van der Waals surface area contributed by atoms with Gasteiger partial charge in [0.25, 0.3) is 0 Å². The highest BCUT2D eigenvalue weighted by Gasteiger charge is 2.27. The minimum absolute atomic E-state index is 0.319. The number of rotatable bonds is 5. The largest absolute Gasteiger partial charge is 0.342 e. The molecule has 1 saturated heterocycles. The van der Waals surface area contributed by atoms with E-state index in [-0.39, 0.29) is 0 Å². The Hall–Kier alpha value is -0.570. The maximum atomic E-state index is 11.8. The van der Waals surface area contributed by atoms with Gasteiger partial charge in [0.2, 0.25) is 5.91 Å². The van der Waals surface area contributed by atoms with Crippen LogP contribution in [0.1, 0.15) is 33.6 Å². The lowest BCUT2D eigenvalue weighted by molar-refractivity contribution is -0.130. The summed E-state index contributed by atoms with van der Waals surface area (Å²) in [5, 5.41) is 3.19. The fourth-order valence-corrected chi connectivity index (χ4v) is 2.09. The van der Waals surface area contributed by atoms with Crippen molar-refractivity contribution in [3.05, 3.63) is 0 Å². The van der Waals surface area contributed by atoms with Gasteiger partial charge in [-0.3, -0.25) is 4.79 Å². The number of carbonyl (C=O) groups is 1. The zero-order valence-corrected chi connectivity index (χ0v) is 10.3. The first-order valence-electron chi connectivity index (χ1n) is 6.13. The number of amides is 1. The summed E-state index contributed by atoms with van der Waals surface area (Å²) in [5.74, 6) is 1.74. The highest BCUT2D eigenvalue weighted by molar-refractivity contribution is 5.76. The molecule has 1 fully saturated rings. The molecule has 0 radical (unpaired) electrons. The van der Waals surface area contributed by atoms with Crippen LogP contribution in [0.4, 0.5) is 0 Å². The molecule has 0 spiro atoms. The molecule has 3 heteroatoms. The molecule has 1 N–H and O–H groups in total. The normalized spacial score (nSPS) is 21.3. The van der Waals surface area contributed by atoms with Crippen molar-refractivity contribution in [2.24, 2.45) is 11.8 Å². The fraction of sp³-hybridized carbons (Fsp3) is 0.917. The second-order valence-electron chi connectivity index (χ2n) is 4.74. The molecule has 1 amide bonds.